The van der Waals surface area contributed by atoms with Gasteiger partial charge >= 0.3 is 0 Å². The van der Waals surface area contributed by atoms with Crippen molar-refractivity contribution < 1.29 is 14.2 Å². The van der Waals surface area contributed by atoms with Crippen LogP contribution in [0, 0.1) is 6.92 Å². The molecule has 1 N–H and O–H groups in total. The van der Waals surface area contributed by atoms with E-state index in [0.29, 0.717) is 5.75 Å². The second-order valence-electron chi connectivity index (χ2n) is 5.43. The normalized spacial score (nSPS) is 9.84. The van der Waals surface area contributed by atoms with Crippen LogP contribution in [0.4, 0.5) is 0 Å². The molecule has 0 radical (unpaired) electrons. The topological polar surface area (TPSA) is 39.7 Å². The van der Waals surface area contributed by atoms with E-state index >= 15 is 0 Å². The van der Waals surface area contributed by atoms with Crippen molar-refractivity contribution in [3.63, 3.8) is 0 Å². The first-order valence-corrected chi connectivity index (χ1v) is 8.73. The van der Waals surface area contributed by atoms with Gasteiger partial charge in [-0.25, -0.2) is 0 Å². The highest BCUT2D eigenvalue weighted by atomic mass is 16.5. The molecule has 138 valence electrons. The molecule has 4 heteroatoms. The quantitative estimate of drug-likeness (QED) is 0.721. The third-order valence-electron chi connectivity index (χ3n) is 3.77. The third kappa shape index (κ3) is 6.31. The number of nitrogens with one attached hydrogen (secondary N) is 1. The van der Waals surface area contributed by atoms with Crippen LogP contribution in [0.15, 0.2) is 36.4 Å². The molecule has 25 heavy (non-hydrogen) atoms. The molecule has 0 saturated heterocycles. The summed E-state index contributed by atoms with van der Waals surface area (Å²) in [6, 6.07) is 12.4. The zero-order valence-electron chi connectivity index (χ0n) is 16.3. The molecule has 0 atom stereocenters. The van der Waals surface area contributed by atoms with Crippen LogP contribution < -0.4 is 19.5 Å². The summed E-state index contributed by atoms with van der Waals surface area (Å²) in [5.74, 6) is 2.22. The number of aryl methyl sites for hydroxylation is 1. The summed E-state index contributed by atoms with van der Waals surface area (Å²) in [5.41, 5.74) is 3.68. The van der Waals surface area contributed by atoms with Crippen LogP contribution in [0.3, 0.4) is 0 Å². The van der Waals surface area contributed by atoms with E-state index in [1.165, 1.54) is 11.1 Å². The third-order valence-corrected chi connectivity index (χ3v) is 3.77. The smallest absolute Gasteiger partial charge is 0.164 e. The van der Waals surface area contributed by atoms with E-state index in [9.17, 15) is 0 Å². The minimum absolute atomic E-state index is 0.681. The second kappa shape index (κ2) is 11.4. The van der Waals surface area contributed by atoms with Crippen molar-refractivity contribution >= 4 is 0 Å². The summed E-state index contributed by atoms with van der Waals surface area (Å²) in [7, 11) is 4.94. The molecule has 2 rings (SSSR count). The van der Waals surface area contributed by atoms with Gasteiger partial charge in [0, 0.05) is 12.6 Å². The largest absolute Gasteiger partial charge is 0.496 e. The molecule has 0 aliphatic rings. The first kappa shape index (κ1) is 20.8. The van der Waals surface area contributed by atoms with Crippen molar-refractivity contribution in [2.24, 2.45) is 0 Å². The lowest BCUT2D eigenvalue weighted by atomic mass is 10.1. The molecule has 0 aliphatic carbocycles. The van der Waals surface area contributed by atoms with Crippen molar-refractivity contribution in [1.82, 2.24) is 5.32 Å². The number of benzene rings is 2. The second-order valence-corrected chi connectivity index (χ2v) is 5.43. The molecule has 0 heterocycles. The van der Waals surface area contributed by atoms with Crippen LogP contribution in [0.1, 0.15) is 30.5 Å². The van der Waals surface area contributed by atoms with E-state index in [1.54, 1.807) is 21.3 Å². The minimum Gasteiger partial charge on any atom is -0.496 e. The highest BCUT2D eigenvalue weighted by molar-refractivity contribution is 5.50. The summed E-state index contributed by atoms with van der Waals surface area (Å²) in [4.78, 5) is 0. The fourth-order valence-electron chi connectivity index (χ4n) is 2.57. The summed E-state index contributed by atoms with van der Waals surface area (Å²) < 4.78 is 16.1. The zero-order chi connectivity index (χ0) is 18.7. The van der Waals surface area contributed by atoms with Gasteiger partial charge in [-0.2, -0.15) is 0 Å². The van der Waals surface area contributed by atoms with Gasteiger partial charge in [-0.15, -0.1) is 0 Å². The molecular formula is C21H31NO3. The highest BCUT2D eigenvalue weighted by Crippen LogP contribution is 2.34. The highest BCUT2D eigenvalue weighted by Gasteiger charge is 2.11. The van der Waals surface area contributed by atoms with Crippen LogP contribution in [0.2, 0.25) is 0 Å². The van der Waals surface area contributed by atoms with E-state index in [2.05, 4.69) is 36.5 Å². The molecule has 4 nitrogen and oxygen atoms in total. The maximum absolute atomic E-state index is 5.46. The molecule has 0 spiro atoms. The number of hydrogen-bond acceptors (Lipinski definition) is 4. The van der Waals surface area contributed by atoms with Crippen LogP contribution in [0.25, 0.3) is 0 Å². The lowest BCUT2D eigenvalue weighted by Gasteiger charge is -2.14. The molecule has 2 aromatic carbocycles. The van der Waals surface area contributed by atoms with Gasteiger partial charge in [0.2, 0.25) is 0 Å². The lowest BCUT2D eigenvalue weighted by molar-refractivity contribution is 0.347. The molecule has 0 saturated carbocycles. The Morgan fingerprint density at radius 2 is 1.48 bits per heavy atom. The van der Waals surface area contributed by atoms with Gasteiger partial charge in [-0.1, -0.05) is 43.7 Å². The van der Waals surface area contributed by atoms with E-state index in [0.717, 1.165) is 36.6 Å². The summed E-state index contributed by atoms with van der Waals surface area (Å²) in [6.45, 7) is 7.83. The average Bonchev–Trinajstić information content (AvgIpc) is 2.66. The van der Waals surface area contributed by atoms with E-state index in [1.807, 2.05) is 26.0 Å². The maximum Gasteiger partial charge on any atom is 0.164 e. The van der Waals surface area contributed by atoms with Crippen LogP contribution in [-0.2, 0) is 13.0 Å². The van der Waals surface area contributed by atoms with E-state index in [4.69, 9.17) is 14.2 Å². The predicted molar refractivity (Wildman–Crippen MR) is 104 cm³/mol. The van der Waals surface area contributed by atoms with Crippen molar-refractivity contribution in [2.45, 2.75) is 33.7 Å². The Balaban J connectivity index is 0.00000151. The van der Waals surface area contributed by atoms with Crippen molar-refractivity contribution in [2.75, 3.05) is 27.9 Å². The molecule has 0 unspecified atom stereocenters. The predicted octanol–water partition coefficient (Wildman–Crippen LogP) is 4.38. The van der Waals surface area contributed by atoms with Crippen LogP contribution in [-0.4, -0.2) is 27.9 Å². The Morgan fingerprint density at radius 3 is 2.08 bits per heavy atom. The standard InChI is InChI=1S/C19H25NO3.C2H6/c1-14-6-5-7-15(10-14)13-20-9-8-16-11-18(22-3)19(23-4)12-17(16)21-2;1-2/h5-7,10-12,20H,8-9,13H2,1-4H3;1-2H3. The first-order valence-electron chi connectivity index (χ1n) is 8.73. The van der Waals surface area contributed by atoms with Gasteiger partial charge in [0.15, 0.2) is 11.5 Å². The maximum atomic E-state index is 5.46. The first-order chi connectivity index (χ1) is 12.2. The zero-order valence-corrected chi connectivity index (χ0v) is 16.3. The van der Waals surface area contributed by atoms with Gasteiger partial charge in [0.25, 0.3) is 0 Å². The van der Waals surface area contributed by atoms with Gasteiger partial charge < -0.3 is 19.5 Å². The number of methoxy groups -OCH3 is 3. The number of ether oxygens (including phenoxy) is 3. The summed E-state index contributed by atoms with van der Waals surface area (Å²) in [6.07, 6.45) is 0.856. The van der Waals surface area contributed by atoms with Gasteiger partial charge in [0.1, 0.15) is 5.75 Å². The molecular weight excluding hydrogens is 314 g/mol. The fourth-order valence-corrected chi connectivity index (χ4v) is 2.57. The Hall–Kier alpha value is -2.20. The number of hydrogen-bond donors (Lipinski definition) is 1. The Labute approximate surface area is 152 Å². The Kier molecular flexibility index (Phi) is 9.48. The summed E-state index contributed by atoms with van der Waals surface area (Å²) >= 11 is 0. The van der Waals surface area contributed by atoms with Crippen molar-refractivity contribution in [3.05, 3.63) is 53.1 Å². The molecule has 0 amide bonds. The SMILES string of the molecule is CC.COc1cc(OC)c(OC)cc1CCNCc1cccc(C)c1. The monoisotopic (exact) mass is 345 g/mol. The average molecular weight is 345 g/mol. The Morgan fingerprint density at radius 1 is 0.840 bits per heavy atom. The van der Waals surface area contributed by atoms with Crippen molar-refractivity contribution in [3.8, 4) is 17.2 Å². The fraction of sp³-hybridized carbons (Fsp3) is 0.429. The van der Waals surface area contributed by atoms with Gasteiger partial charge in [-0.3, -0.25) is 0 Å². The van der Waals surface area contributed by atoms with E-state index < -0.39 is 0 Å². The molecule has 2 aromatic rings. The number of rotatable bonds is 8. The molecule has 0 aliphatic heterocycles. The lowest BCUT2D eigenvalue weighted by Crippen LogP contribution is -2.17. The van der Waals surface area contributed by atoms with E-state index in [-0.39, 0.29) is 0 Å². The minimum atomic E-state index is 0.681. The summed E-state index contributed by atoms with van der Waals surface area (Å²) in [5, 5.41) is 3.47. The van der Waals surface area contributed by atoms with Gasteiger partial charge in [0.05, 0.1) is 21.3 Å². The van der Waals surface area contributed by atoms with Crippen LogP contribution in [0.5, 0.6) is 17.2 Å². The van der Waals surface area contributed by atoms with Gasteiger partial charge in [-0.05, 0) is 37.1 Å². The molecule has 0 bridgehead atoms. The van der Waals surface area contributed by atoms with Crippen LogP contribution >= 0.6 is 0 Å². The van der Waals surface area contributed by atoms with Crippen molar-refractivity contribution in [1.29, 1.82) is 0 Å². The Bertz CT molecular complexity index is 641. The molecule has 0 fully saturated rings. The molecule has 0 aromatic heterocycles.